The van der Waals surface area contributed by atoms with Crippen LogP contribution < -0.4 is 5.32 Å². The first-order chi connectivity index (χ1) is 7.79. The maximum absolute atomic E-state index is 5.40. The third kappa shape index (κ3) is 3.92. The second kappa shape index (κ2) is 7.38. The molecule has 0 saturated carbocycles. The van der Waals surface area contributed by atoms with E-state index in [9.17, 15) is 0 Å². The molecule has 0 unspecified atom stereocenters. The first kappa shape index (κ1) is 13.2. The van der Waals surface area contributed by atoms with Crippen molar-refractivity contribution in [3.63, 3.8) is 0 Å². The number of rotatable bonds is 8. The molecule has 0 saturated heterocycles. The minimum Gasteiger partial charge on any atom is -0.382 e. The van der Waals surface area contributed by atoms with Crippen LogP contribution in [-0.2, 0) is 22.6 Å². The molecule has 1 rings (SSSR count). The molecule has 5 nitrogen and oxygen atoms in total. The molecule has 92 valence electrons. The summed E-state index contributed by atoms with van der Waals surface area (Å²) in [6.07, 6.45) is 1.90. The van der Waals surface area contributed by atoms with Crippen LogP contribution in [0.2, 0.25) is 0 Å². The van der Waals surface area contributed by atoms with E-state index in [-0.39, 0.29) is 0 Å². The molecule has 1 heterocycles. The number of nitrogens with zero attached hydrogens (tertiary/aromatic N) is 2. The van der Waals surface area contributed by atoms with Crippen LogP contribution in [0.3, 0.4) is 0 Å². The van der Waals surface area contributed by atoms with Crippen molar-refractivity contribution in [3.8, 4) is 0 Å². The molecule has 1 aromatic rings. The quantitative estimate of drug-likeness (QED) is 0.660. The van der Waals surface area contributed by atoms with Crippen molar-refractivity contribution in [3.05, 3.63) is 17.5 Å². The summed E-state index contributed by atoms with van der Waals surface area (Å²) < 4.78 is 12.3. The fraction of sp³-hybridized carbons (Fsp3) is 0.727. The molecule has 0 aliphatic carbocycles. The van der Waals surface area contributed by atoms with Gasteiger partial charge in [-0.1, -0.05) is 0 Å². The monoisotopic (exact) mass is 227 g/mol. The van der Waals surface area contributed by atoms with E-state index in [2.05, 4.69) is 17.3 Å². The summed E-state index contributed by atoms with van der Waals surface area (Å²) >= 11 is 0. The van der Waals surface area contributed by atoms with Crippen molar-refractivity contribution in [2.45, 2.75) is 20.0 Å². The topological polar surface area (TPSA) is 48.3 Å². The zero-order valence-electron chi connectivity index (χ0n) is 10.3. The van der Waals surface area contributed by atoms with E-state index in [0.29, 0.717) is 19.8 Å². The van der Waals surface area contributed by atoms with Gasteiger partial charge in [-0.05, 0) is 14.0 Å². The number of hydrogen-bond acceptors (Lipinski definition) is 4. The summed E-state index contributed by atoms with van der Waals surface area (Å²) in [6.45, 7) is 5.68. The molecule has 0 amide bonds. The minimum absolute atomic E-state index is 0.639. The van der Waals surface area contributed by atoms with Gasteiger partial charge in [0.2, 0.25) is 0 Å². The number of ether oxygens (including phenoxy) is 2. The van der Waals surface area contributed by atoms with Gasteiger partial charge in [-0.2, -0.15) is 5.10 Å². The van der Waals surface area contributed by atoms with Gasteiger partial charge < -0.3 is 14.8 Å². The Hall–Kier alpha value is -0.910. The van der Waals surface area contributed by atoms with E-state index in [4.69, 9.17) is 9.47 Å². The lowest BCUT2D eigenvalue weighted by Crippen LogP contribution is -2.12. The Labute approximate surface area is 96.7 Å². The molecular formula is C11H21N3O2. The number of nitrogens with one attached hydrogen (secondary N) is 1. The summed E-state index contributed by atoms with van der Waals surface area (Å²) in [5, 5.41) is 7.44. The molecule has 0 atom stereocenters. The maximum Gasteiger partial charge on any atom is 0.0701 e. The van der Waals surface area contributed by atoms with E-state index in [0.717, 1.165) is 13.1 Å². The first-order valence-electron chi connectivity index (χ1n) is 5.52. The molecule has 0 radical (unpaired) electrons. The Balaban J connectivity index is 2.31. The molecule has 0 aromatic carbocycles. The number of aromatic nitrogens is 2. The molecule has 0 bridgehead atoms. The van der Waals surface area contributed by atoms with Crippen LogP contribution in [0, 0.1) is 6.92 Å². The lowest BCUT2D eigenvalue weighted by atomic mass is 10.2. The average molecular weight is 227 g/mol. The summed E-state index contributed by atoms with van der Waals surface area (Å²) in [5.74, 6) is 0. The van der Waals surface area contributed by atoms with Crippen LogP contribution in [0.25, 0.3) is 0 Å². The summed E-state index contributed by atoms with van der Waals surface area (Å²) in [6, 6.07) is 0. The van der Waals surface area contributed by atoms with Crippen LogP contribution >= 0.6 is 0 Å². The lowest BCUT2D eigenvalue weighted by molar-refractivity contribution is 0.0652. The highest BCUT2D eigenvalue weighted by Gasteiger charge is 2.04. The smallest absolute Gasteiger partial charge is 0.0701 e. The molecule has 0 aliphatic rings. The van der Waals surface area contributed by atoms with E-state index in [1.807, 2.05) is 17.9 Å². The van der Waals surface area contributed by atoms with E-state index >= 15 is 0 Å². The molecule has 5 heteroatoms. The Morgan fingerprint density at radius 3 is 2.88 bits per heavy atom. The molecule has 0 aliphatic heterocycles. The minimum atomic E-state index is 0.639. The van der Waals surface area contributed by atoms with Crippen molar-refractivity contribution in [2.24, 2.45) is 0 Å². The van der Waals surface area contributed by atoms with Gasteiger partial charge in [0.25, 0.3) is 0 Å². The normalized spacial score (nSPS) is 10.9. The molecule has 0 spiro atoms. The Bertz CT molecular complexity index is 299. The van der Waals surface area contributed by atoms with Crippen LogP contribution in [0.4, 0.5) is 0 Å². The van der Waals surface area contributed by atoms with Gasteiger partial charge in [-0.25, -0.2) is 0 Å². The molecular weight excluding hydrogens is 206 g/mol. The van der Waals surface area contributed by atoms with E-state index < -0.39 is 0 Å². The highest BCUT2D eigenvalue weighted by atomic mass is 16.5. The molecule has 1 N–H and O–H groups in total. The summed E-state index contributed by atoms with van der Waals surface area (Å²) in [4.78, 5) is 0. The SMILES string of the molecule is CNCc1cnn(CCOCCOC)c1C. The van der Waals surface area contributed by atoms with Crippen molar-refractivity contribution < 1.29 is 9.47 Å². The first-order valence-corrected chi connectivity index (χ1v) is 5.52. The second-order valence-corrected chi connectivity index (χ2v) is 3.61. The maximum atomic E-state index is 5.40. The second-order valence-electron chi connectivity index (χ2n) is 3.61. The van der Waals surface area contributed by atoms with Gasteiger partial charge in [0.1, 0.15) is 0 Å². The summed E-state index contributed by atoms with van der Waals surface area (Å²) in [5.41, 5.74) is 2.43. The molecule has 16 heavy (non-hydrogen) atoms. The van der Waals surface area contributed by atoms with Crippen molar-refractivity contribution in [1.29, 1.82) is 0 Å². The standard InChI is InChI=1S/C11H21N3O2/c1-10-11(8-12-2)9-13-14(10)4-5-16-7-6-15-3/h9,12H,4-8H2,1-3H3. The Kier molecular flexibility index (Phi) is 6.07. The van der Waals surface area contributed by atoms with E-state index in [1.165, 1.54) is 11.3 Å². The number of methoxy groups -OCH3 is 1. The fourth-order valence-corrected chi connectivity index (χ4v) is 1.47. The average Bonchev–Trinajstić information content (AvgIpc) is 2.62. The Morgan fingerprint density at radius 2 is 2.19 bits per heavy atom. The zero-order chi connectivity index (χ0) is 11.8. The third-order valence-corrected chi connectivity index (χ3v) is 2.45. The third-order valence-electron chi connectivity index (χ3n) is 2.45. The highest BCUT2D eigenvalue weighted by Crippen LogP contribution is 2.06. The van der Waals surface area contributed by atoms with Gasteiger partial charge in [0, 0.05) is 24.9 Å². The van der Waals surface area contributed by atoms with Crippen LogP contribution in [0.1, 0.15) is 11.3 Å². The predicted octanol–water partition coefficient (Wildman–Crippen LogP) is 0.574. The van der Waals surface area contributed by atoms with Gasteiger partial charge in [-0.15, -0.1) is 0 Å². The van der Waals surface area contributed by atoms with Crippen LogP contribution in [-0.4, -0.2) is 43.8 Å². The summed E-state index contributed by atoms with van der Waals surface area (Å²) in [7, 11) is 3.61. The molecule has 1 aromatic heterocycles. The van der Waals surface area contributed by atoms with E-state index in [1.54, 1.807) is 7.11 Å². The van der Waals surface area contributed by atoms with Crippen molar-refractivity contribution in [2.75, 3.05) is 34.0 Å². The highest BCUT2D eigenvalue weighted by molar-refractivity contribution is 5.15. The van der Waals surface area contributed by atoms with Crippen molar-refractivity contribution >= 4 is 0 Å². The lowest BCUT2D eigenvalue weighted by Gasteiger charge is -2.06. The molecule has 0 fully saturated rings. The zero-order valence-corrected chi connectivity index (χ0v) is 10.3. The predicted molar refractivity (Wildman–Crippen MR) is 62.4 cm³/mol. The van der Waals surface area contributed by atoms with Crippen LogP contribution in [0.5, 0.6) is 0 Å². The van der Waals surface area contributed by atoms with Gasteiger partial charge in [-0.3, -0.25) is 4.68 Å². The van der Waals surface area contributed by atoms with Gasteiger partial charge >= 0.3 is 0 Å². The Morgan fingerprint density at radius 1 is 1.38 bits per heavy atom. The van der Waals surface area contributed by atoms with Gasteiger partial charge in [0.05, 0.1) is 32.6 Å². The number of hydrogen-bond donors (Lipinski definition) is 1. The van der Waals surface area contributed by atoms with Gasteiger partial charge in [0.15, 0.2) is 0 Å². The largest absolute Gasteiger partial charge is 0.382 e. The fourth-order valence-electron chi connectivity index (χ4n) is 1.47. The van der Waals surface area contributed by atoms with Crippen molar-refractivity contribution in [1.82, 2.24) is 15.1 Å². The van der Waals surface area contributed by atoms with Crippen LogP contribution in [0.15, 0.2) is 6.20 Å².